The van der Waals surface area contributed by atoms with E-state index in [0.29, 0.717) is 114 Å². The van der Waals surface area contributed by atoms with Crippen LogP contribution >= 0.6 is 17.8 Å². The van der Waals surface area contributed by atoms with E-state index in [4.69, 9.17) is 159 Å². The van der Waals surface area contributed by atoms with Crippen molar-refractivity contribution >= 4 is 137 Å². The lowest BCUT2D eigenvalue weighted by Gasteiger charge is -2.27. The summed E-state index contributed by atoms with van der Waals surface area (Å²) >= 11 is 0. The molecule has 2 aliphatic heterocycles. The predicted molar refractivity (Wildman–Crippen MR) is 573 cm³/mol. The average molecular weight is 1950 g/mol. The largest absolute Gasteiger partial charge is 0.508 e. The fraction of sp³-hybridized carbons (Fsp3) is 0.376. The van der Waals surface area contributed by atoms with Crippen molar-refractivity contribution in [2.75, 3.05) is 239 Å². The number of anilines is 20. The SMILES string of the molecule is C.CC.CCCCCCn1ncc(N)c1N.CN1CCOc2cc(N)ccc21.COCc1cc(N)ccc1N.Cc1cc(N)c(C(CO)CO)cc1N.Nc1c(N)n2n(c1=O)CCC2.Nc1c(OCCO)nn2ccccc12.Nc1ccc(N(CCO)CCO)cc1.Nc1ccc(N)cc1.Nc1ccc(NCCN(CCO)CCO)cc1.Nc1ccc(O)cc1.Nc1cnn(CCO)c1N.[2H]PP. The number of phenolic OH excluding ortho intramolecular Hbond substituents is 1. The van der Waals surface area contributed by atoms with Gasteiger partial charge in [0.15, 0.2) is 0 Å². The van der Waals surface area contributed by atoms with Gasteiger partial charge in [-0.05, 0) is 183 Å². The fourth-order valence-corrected chi connectivity index (χ4v) is 12.2. The van der Waals surface area contributed by atoms with Gasteiger partial charge in [-0.1, -0.05) is 53.5 Å². The summed E-state index contributed by atoms with van der Waals surface area (Å²) in [5.74, 6) is 2.57. The summed E-state index contributed by atoms with van der Waals surface area (Å²) in [6.07, 6.45) is 10.7. The molecular formula is C93H155N29O13P2. The molecule has 0 amide bonds. The van der Waals surface area contributed by atoms with Gasteiger partial charge in [-0.2, -0.15) is 10.2 Å². The van der Waals surface area contributed by atoms with Crippen LogP contribution in [0.2, 0.25) is 0 Å². The number of nitrogens with zero attached hydrogens (tertiary/aromatic N) is 11. The molecule has 42 nitrogen and oxygen atoms in total. The van der Waals surface area contributed by atoms with Gasteiger partial charge in [-0.15, -0.1) is 22.9 Å². The number of nitrogens with two attached hydrogens (primary N) is 17. The van der Waals surface area contributed by atoms with Crippen LogP contribution in [-0.2, 0) is 37.5 Å². The van der Waals surface area contributed by atoms with Crippen LogP contribution in [0.3, 0.4) is 0 Å². The zero-order valence-corrected chi connectivity index (χ0v) is 81.1. The van der Waals surface area contributed by atoms with Crippen molar-refractivity contribution in [2.45, 2.75) is 106 Å². The van der Waals surface area contributed by atoms with E-state index in [1.807, 2.05) is 109 Å². The number of nitrogen functional groups attached to an aromatic ring is 17. The molecule has 0 saturated heterocycles. The molecule has 2 aliphatic rings. The van der Waals surface area contributed by atoms with Gasteiger partial charge in [-0.3, -0.25) is 14.4 Å². The van der Waals surface area contributed by atoms with Crippen LogP contribution in [0.4, 0.5) is 114 Å². The van der Waals surface area contributed by atoms with Crippen LogP contribution in [0.25, 0.3) is 5.52 Å². The Morgan fingerprint density at radius 1 is 0.547 bits per heavy atom. The van der Waals surface area contributed by atoms with Crippen molar-refractivity contribution in [2.24, 2.45) is 0 Å². The summed E-state index contributed by atoms with van der Waals surface area (Å²) in [5, 5.41) is 94.4. The molecule has 760 valence electrons. The highest BCUT2D eigenvalue weighted by Gasteiger charge is 2.20. The quantitative estimate of drug-likeness (QED) is 0.0105. The molecule has 0 saturated carbocycles. The van der Waals surface area contributed by atoms with Crippen molar-refractivity contribution < 1.29 is 60.2 Å². The van der Waals surface area contributed by atoms with Gasteiger partial charge in [0.25, 0.3) is 11.4 Å². The number of aryl methyl sites for hydroxylation is 2. The number of rotatable bonds is 28. The van der Waals surface area contributed by atoms with Crippen LogP contribution < -0.4 is 128 Å². The van der Waals surface area contributed by atoms with Crippen molar-refractivity contribution in [1.82, 2.24) is 43.4 Å². The molecule has 12 aromatic rings. The summed E-state index contributed by atoms with van der Waals surface area (Å²) in [6, 6.07) is 48.6. The number of hydrogen-bond acceptors (Lipinski definition) is 37. The minimum atomic E-state index is -0.349. The maximum absolute atomic E-state index is 11.2. The van der Waals surface area contributed by atoms with E-state index in [0.717, 1.165) is 127 Å². The number of methoxy groups -OCH3 is 1. The Bertz CT molecular complexity index is 5200. The molecule has 137 heavy (non-hydrogen) atoms. The summed E-state index contributed by atoms with van der Waals surface area (Å²) in [4.78, 5) is 17.3. The molecule has 0 fully saturated rings. The van der Waals surface area contributed by atoms with E-state index in [1.54, 1.807) is 123 Å². The number of aromatic nitrogens is 8. The minimum Gasteiger partial charge on any atom is -0.508 e. The molecule has 2 atom stereocenters. The standard InChI is InChI=1S/C12H21N3O2.2C10H16N2O2.C9H18N4.C9H11N3O2.C9H12N2O.C8H12N2O.C6H10N4O.C6H8N2.C6H7NO.C5H10N4O.C2H6.CH4.H4P2/c13-11-1-3-12(4-2-11)14-5-6-15(7-9-16)8-10-17;1-6-2-10(12)8(3-9(6)11)7(4-13)5-14;11-9-1-3-10(4-2-9)12(5-7-13)6-8-14;1-2-3-4-5-6-13-9(11)8(10)7-12-13;10-8-7-3-1-2-4-12(7)11-9(8)14-6-5-13;1-11-4-5-12-9-6-7(10)2-3-8(9)11;1-11-5-6-4-7(9)2-3-8(6)10;7-4-5(8)9-2-1-3-10(9)6(4)11;7-5-1-2-6(8)4-3-5;7-5-1-3-6(8)4-2-5;6-4-3-8-9(1-2-10)5(4)7;1-2;;1-2/h1-4,14,16-17H,5-10,13H2;2-3,7,13-14H,4-5,11-12H2,1H3;1-4,13-14H,5-8,11H2;7H,2-6,10-11H2,1H3;1-4,13H,5-6,10H2;2-3,6H,4-5,10H2,1H3;2-4H,5,9-10H2,1H3;1-3,7-8H2;1-4H,7-8H2;1-4,8H,7H2;3,10H,1-2,6-7H2;1-2H3;1H4;1-2H2/i;;;;;;;;;;;;;1D. The van der Waals surface area contributed by atoms with Gasteiger partial charge < -0.3 is 173 Å². The van der Waals surface area contributed by atoms with Crippen molar-refractivity contribution in [3.63, 3.8) is 0 Å². The van der Waals surface area contributed by atoms with Crippen molar-refractivity contribution in [1.29, 1.82) is 1.28 Å². The summed E-state index contributed by atoms with van der Waals surface area (Å²) < 4.78 is 29.9. The van der Waals surface area contributed by atoms with Gasteiger partial charge >= 0.3 is 0 Å². The third-order valence-electron chi connectivity index (χ3n) is 19.5. The molecule has 44 heteroatoms. The Morgan fingerprint density at radius 2 is 1.06 bits per heavy atom. The summed E-state index contributed by atoms with van der Waals surface area (Å²) in [6.45, 7) is 17.1. The second-order valence-corrected chi connectivity index (χ2v) is 29.6. The number of aliphatic hydroxyl groups excluding tert-OH is 8. The first-order chi connectivity index (χ1) is 65.7. The number of likely N-dealkylation sites (N-methyl/N-ethyl adjacent to an activating group) is 1. The third kappa shape index (κ3) is 44.7. The van der Waals surface area contributed by atoms with E-state index in [2.05, 4.69) is 48.4 Å². The Labute approximate surface area is 809 Å². The number of benzene rings is 7. The van der Waals surface area contributed by atoms with Crippen molar-refractivity contribution in [3.05, 3.63) is 209 Å². The highest BCUT2D eigenvalue weighted by Crippen LogP contribution is 2.33. The Morgan fingerprint density at radius 3 is 1.55 bits per heavy atom. The van der Waals surface area contributed by atoms with Crippen LogP contribution in [0.15, 0.2) is 187 Å². The highest BCUT2D eigenvalue weighted by molar-refractivity contribution is 7.92. The first-order valence-corrected chi connectivity index (χ1v) is 46.2. The molecule has 0 spiro atoms. The van der Waals surface area contributed by atoms with E-state index in [1.165, 1.54) is 30.1 Å². The van der Waals surface area contributed by atoms with Crippen LogP contribution in [0, 0.1) is 6.92 Å². The molecule has 7 aromatic carbocycles. The van der Waals surface area contributed by atoms with Crippen LogP contribution in [0.1, 0.15) is 82.9 Å². The average Bonchev–Trinajstić information content (AvgIpc) is 1.59. The van der Waals surface area contributed by atoms with Crippen LogP contribution in [-0.4, -0.2) is 217 Å². The van der Waals surface area contributed by atoms with Crippen LogP contribution in [0.5, 0.6) is 17.4 Å². The van der Waals surface area contributed by atoms with Gasteiger partial charge in [0.2, 0.25) is 0 Å². The van der Waals surface area contributed by atoms with Crippen molar-refractivity contribution in [3.8, 4) is 17.4 Å². The molecular weight excluding hydrogens is 1790 g/mol. The molecule has 5 aromatic heterocycles. The topological polar surface area (TPSA) is 754 Å². The Balaban J connectivity index is 0.000000758. The number of unbranched alkanes of at least 4 members (excludes halogenated alkanes) is 3. The lowest BCUT2D eigenvalue weighted by atomic mass is 9.96. The number of phenols is 1. The number of hydrogen-bond donors (Lipinski definition) is 27. The molecule has 0 aliphatic carbocycles. The molecule has 14 rings (SSSR count). The number of ether oxygens (including phenoxy) is 3. The molecule has 7 heterocycles. The number of pyridine rings is 1. The van der Waals surface area contributed by atoms with E-state index < -0.39 is 0 Å². The Kier molecular flexibility index (Phi) is 60.5. The third-order valence-corrected chi connectivity index (χ3v) is 19.5. The zero-order valence-electron chi connectivity index (χ0n) is 80.0. The number of nitrogens with one attached hydrogen (secondary N) is 1. The molecule has 44 N–H and O–H groups in total. The van der Waals surface area contributed by atoms with Gasteiger partial charge in [0, 0.05) is 165 Å². The fourth-order valence-electron chi connectivity index (χ4n) is 12.2. The number of fused-ring (bicyclic) bond motifs is 3. The maximum Gasteiger partial charge on any atom is 0.292 e. The van der Waals surface area contributed by atoms with E-state index in [-0.39, 0.29) is 98.7 Å². The zero-order chi connectivity index (χ0) is 102. The summed E-state index contributed by atoms with van der Waals surface area (Å²) in [5.41, 5.74) is 109. The maximum atomic E-state index is 11.2. The highest BCUT2D eigenvalue weighted by atomic mass is 32.0. The first kappa shape index (κ1) is 120. The predicted octanol–water partition coefficient (Wildman–Crippen LogP) is 6.66. The lowest BCUT2D eigenvalue weighted by molar-refractivity contribution is 0.165. The van der Waals surface area contributed by atoms with E-state index >= 15 is 0 Å². The molecule has 2 unspecified atom stereocenters. The van der Waals surface area contributed by atoms with Gasteiger partial charge in [-0.25, -0.2) is 18.6 Å². The van der Waals surface area contributed by atoms with Gasteiger partial charge in [0.05, 0.1) is 109 Å². The molecule has 0 bridgehead atoms. The molecule has 0 radical (unpaired) electrons. The summed E-state index contributed by atoms with van der Waals surface area (Å²) in [7, 11) is 6.20. The normalized spacial score (nSPS) is 11.0. The second-order valence-electron chi connectivity index (χ2n) is 29.6. The monoisotopic (exact) mass is 1950 g/mol. The smallest absolute Gasteiger partial charge is 0.292 e. The number of aromatic hydroxyl groups is 1. The second kappa shape index (κ2) is 69.4. The Hall–Kier alpha value is -13.5. The first-order valence-electron chi connectivity index (χ1n) is 44.4. The lowest BCUT2D eigenvalue weighted by Crippen LogP contribution is -2.34. The van der Waals surface area contributed by atoms with Gasteiger partial charge in [0.1, 0.15) is 53.5 Å². The minimum absolute atomic E-state index is 0. The van der Waals surface area contributed by atoms with E-state index in [9.17, 15) is 4.79 Å². The number of aliphatic hydroxyl groups is 8.